The van der Waals surface area contributed by atoms with Gasteiger partial charge in [0.15, 0.2) is 0 Å². The normalized spacial score (nSPS) is 15.3. The van der Waals surface area contributed by atoms with Crippen LogP contribution in [0.3, 0.4) is 0 Å². The highest BCUT2D eigenvalue weighted by Gasteiger charge is 2.24. The predicted molar refractivity (Wildman–Crippen MR) is 122 cm³/mol. The monoisotopic (exact) mass is 445 g/mol. The minimum absolute atomic E-state index is 0.0617. The van der Waals surface area contributed by atoms with Gasteiger partial charge in [-0.3, -0.25) is 14.5 Å². The zero-order valence-electron chi connectivity index (χ0n) is 18.0. The smallest absolute Gasteiger partial charge is 0.251 e. The Bertz CT molecular complexity index is 805. The standard InChI is InChI=1S/C23H31N3O4S/c1-2-3-12-30-19-8-6-18(7-9-19)23(28)25-17-22(27)24-16-20(21-5-4-15-31-21)26-10-13-29-14-11-26/h4-9,15,20H,2-3,10-14,16-17H2,1H3,(H,24,27)(H,25,28). The molecule has 1 aromatic carbocycles. The van der Waals surface area contributed by atoms with Crippen LogP contribution in [0.5, 0.6) is 5.75 Å². The third kappa shape index (κ3) is 7.34. The summed E-state index contributed by atoms with van der Waals surface area (Å²) in [6.45, 7) is 6.30. The Labute approximate surface area is 187 Å². The second-order valence-corrected chi connectivity index (χ2v) is 8.37. The number of hydrogen-bond donors (Lipinski definition) is 2. The summed E-state index contributed by atoms with van der Waals surface area (Å²) in [5, 5.41) is 7.70. The molecule has 1 aromatic heterocycles. The number of rotatable bonds is 11. The number of ether oxygens (including phenoxy) is 2. The Morgan fingerprint density at radius 3 is 2.61 bits per heavy atom. The molecule has 0 spiro atoms. The highest BCUT2D eigenvalue weighted by Crippen LogP contribution is 2.25. The van der Waals surface area contributed by atoms with Crippen molar-refractivity contribution in [3.63, 3.8) is 0 Å². The number of amides is 2. The van der Waals surface area contributed by atoms with E-state index < -0.39 is 0 Å². The highest BCUT2D eigenvalue weighted by molar-refractivity contribution is 7.10. The van der Waals surface area contributed by atoms with Crippen LogP contribution < -0.4 is 15.4 Å². The zero-order valence-corrected chi connectivity index (χ0v) is 18.8. The fraction of sp³-hybridized carbons (Fsp3) is 0.478. The Balaban J connectivity index is 1.44. The van der Waals surface area contributed by atoms with Gasteiger partial charge >= 0.3 is 0 Å². The van der Waals surface area contributed by atoms with Crippen LogP contribution >= 0.6 is 11.3 Å². The van der Waals surface area contributed by atoms with E-state index in [1.165, 1.54) is 4.88 Å². The van der Waals surface area contributed by atoms with Gasteiger partial charge in [0.2, 0.25) is 5.91 Å². The van der Waals surface area contributed by atoms with Crippen molar-refractivity contribution < 1.29 is 19.1 Å². The van der Waals surface area contributed by atoms with Crippen molar-refractivity contribution in [1.29, 1.82) is 0 Å². The lowest BCUT2D eigenvalue weighted by Gasteiger charge is -2.34. The van der Waals surface area contributed by atoms with Gasteiger partial charge in [-0.05, 0) is 42.1 Å². The van der Waals surface area contributed by atoms with Crippen molar-refractivity contribution in [1.82, 2.24) is 15.5 Å². The maximum absolute atomic E-state index is 12.4. The average molecular weight is 446 g/mol. The van der Waals surface area contributed by atoms with Crippen LogP contribution in [0.4, 0.5) is 0 Å². The Morgan fingerprint density at radius 2 is 1.94 bits per heavy atom. The highest BCUT2D eigenvalue weighted by atomic mass is 32.1. The summed E-state index contributed by atoms with van der Waals surface area (Å²) < 4.78 is 11.1. The number of carbonyl (C=O) groups is 2. The van der Waals surface area contributed by atoms with E-state index in [9.17, 15) is 9.59 Å². The first-order chi connectivity index (χ1) is 15.2. The molecule has 8 heteroatoms. The number of morpholine rings is 1. The molecule has 1 fully saturated rings. The van der Waals surface area contributed by atoms with Crippen molar-refractivity contribution in [2.45, 2.75) is 25.8 Å². The molecule has 1 unspecified atom stereocenters. The summed E-state index contributed by atoms with van der Waals surface area (Å²) in [4.78, 5) is 28.2. The van der Waals surface area contributed by atoms with Gasteiger partial charge in [0.25, 0.3) is 5.91 Å². The van der Waals surface area contributed by atoms with Gasteiger partial charge in [0.05, 0.1) is 32.4 Å². The number of carbonyl (C=O) groups excluding carboxylic acids is 2. The fourth-order valence-electron chi connectivity index (χ4n) is 3.35. The van der Waals surface area contributed by atoms with Gasteiger partial charge in [0, 0.05) is 30.1 Å². The zero-order chi connectivity index (χ0) is 21.9. The summed E-state index contributed by atoms with van der Waals surface area (Å²) >= 11 is 1.69. The first kappa shape index (κ1) is 23.2. The molecule has 31 heavy (non-hydrogen) atoms. The number of thiophene rings is 1. The van der Waals surface area contributed by atoms with E-state index in [4.69, 9.17) is 9.47 Å². The Morgan fingerprint density at radius 1 is 1.16 bits per heavy atom. The summed E-state index contributed by atoms with van der Waals surface area (Å²) in [5.41, 5.74) is 0.500. The van der Waals surface area contributed by atoms with Crippen molar-refractivity contribution >= 4 is 23.2 Å². The average Bonchev–Trinajstić information content (AvgIpc) is 3.33. The molecule has 3 rings (SSSR count). The van der Waals surface area contributed by atoms with Gasteiger partial charge in [-0.2, -0.15) is 0 Å². The Hall–Kier alpha value is -2.42. The molecule has 7 nitrogen and oxygen atoms in total. The van der Waals surface area contributed by atoms with Crippen LogP contribution in [-0.2, 0) is 9.53 Å². The topological polar surface area (TPSA) is 79.9 Å². The van der Waals surface area contributed by atoms with Gasteiger partial charge < -0.3 is 20.1 Å². The molecule has 2 N–H and O–H groups in total. The molecular formula is C23H31N3O4S. The minimum Gasteiger partial charge on any atom is -0.494 e. The second kappa shape index (κ2) is 12.4. The lowest BCUT2D eigenvalue weighted by atomic mass is 10.2. The molecule has 2 heterocycles. The Kier molecular flexibility index (Phi) is 9.33. The molecule has 1 aliphatic rings. The summed E-state index contributed by atoms with van der Waals surface area (Å²) in [6.07, 6.45) is 2.07. The number of unbranched alkanes of at least 4 members (excludes halogenated alkanes) is 1. The van der Waals surface area contributed by atoms with Crippen LogP contribution in [0, 0.1) is 0 Å². The molecule has 0 aliphatic carbocycles. The van der Waals surface area contributed by atoms with E-state index in [-0.39, 0.29) is 24.4 Å². The second-order valence-electron chi connectivity index (χ2n) is 7.39. The molecule has 0 radical (unpaired) electrons. The van der Waals surface area contributed by atoms with Crippen LogP contribution in [0.15, 0.2) is 41.8 Å². The van der Waals surface area contributed by atoms with E-state index in [1.54, 1.807) is 35.6 Å². The lowest BCUT2D eigenvalue weighted by molar-refractivity contribution is -0.120. The molecule has 1 aliphatic heterocycles. The van der Waals surface area contributed by atoms with Gasteiger partial charge in [-0.1, -0.05) is 19.4 Å². The summed E-state index contributed by atoms with van der Waals surface area (Å²) in [7, 11) is 0. The van der Waals surface area contributed by atoms with Crippen molar-refractivity contribution in [2.75, 3.05) is 46.0 Å². The van der Waals surface area contributed by atoms with Gasteiger partial charge in [-0.25, -0.2) is 0 Å². The number of nitrogens with zero attached hydrogens (tertiary/aromatic N) is 1. The number of benzene rings is 1. The van der Waals surface area contributed by atoms with Crippen LogP contribution in [-0.4, -0.2) is 62.7 Å². The van der Waals surface area contributed by atoms with Crippen molar-refractivity contribution in [2.24, 2.45) is 0 Å². The maximum Gasteiger partial charge on any atom is 0.251 e. The maximum atomic E-state index is 12.4. The van der Waals surface area contributed by atoms with E-state index in [0.29, 0.717) is 31.9 Å². The lowest BCUT2D eigenvalue weighted by Crippen LogP contribution is -2.45. The van der Waals surface area contributed by atoms with E-state index in [1.807, 2.05) is 11.4 Å². The summed E-state index contributed by atoms with van der Waals surface area (Å²) in [6, 6.07) is 11.2. The summed E-state index contributed by atoms with van der Waals surface area (Å²) in [5.74, 6) is 0.256. The van der Waals surface area contributed by atoms with Crippen LogP contribution in [0.25, 0.3) is 0 Å². The molecule has 1 atom stereocenters. The largest absolute Gasteiger partial charge is 0.494 e. The van der Waals surface area contributed by atoms with Crippen LogP contribution in [0.2, 0.25) is 0 Å². The first-order valence-electron chi connectivity index (χ1n) is 10.8. The van der Waals surface area contributed by atoms with E-state index >= 15 is 0 Å². The fourth-order valence-corrected chi connectivity index (χ4v) is 4.21. The molecule has 1 saturated heterocycles. The van der Waals surface area contributed by atoms with Crippen LogP contribution in [0.1, 0.15) is 41.0 Å². The molecule has 168 valence electrons. The minimum atomic E-state index is -0.279. The SMILES string of the molecule is CCCCOc1ccc(C(=O)NCC(=O)NCC(c2cccs2)N2CCOCC2)cc1. The van der Waals surface area contributed by atoms with Crippen molar-refractivity contribution in [3.05, 3.63) is 52.2 Å². The molecule has 2 amide bonds. The third-order valence-electron chi connectivity index (χ3n) is 5.14. The predicted octanol–water partition coefficient (Wildman–Crippen LogP) is 2.85. The molecule has 0 saturated carbocycles. The van der Waals surface area contributed by atoms with Gasteiger partial charge in [-0.15, -0.1) is 11.3 Å². The molecule has 0 bridgehead atoms. The molecule has 2 aromatic rings. The first-order valence-corrected chi connectivity index (χ1v) is 11.7. The number of nitrogens with one attached hydrogen (secondary N) is 2. The van der Waals surface area contributed by atoms with E-state index in [2.05, 4.69) is 28.5 Å². The quantitative estimate of drug-likeness (QED) is 0.520. The molecular weight excluding hydrogens is 414 g/mol. The van der Waals surface area contributed by atoms with Gasteiger partial charge in [0.1, 0.15) is 5.75 Å². The third-order valence-corrected chi connectivity index (χ3v) is 6.12. The van der Waals surface area contributed by atoms with E-state index in [0.717, 1.165) is 31.7 Å². The van der Waals surface area contributed by atoms with Crippen molar-refractivity contribution in [3.8, 4) is 5.75 Å². The number of hydrogen-bond acceptors (Lipinski definition) is 6.